The Kier molecular flexibility index (Phi) is 5.76. The highest BCUT2D eigenvalue weighted by molar-refractivity contribution is 6.22. The van der Waals surface area contributed by atoms with Crippen molar-refractivity contribution in [2.45, 2.75) is 39.8 Å². The number of ether oxygens (including phenoxy) is 1. The fourth-order valence-electron chi connectivity index (χ4n) is 4.02. The molecule has 0 unspecified atom stereocenters. The molecule has 1 aliphatic heterocycles. The lowest BCUT2D eigenvalue weighted by atomic mass is 10.0. The summed E-state index contributed by atoms with van der Waals surface area (Å²) in [6, 6.07) is 9.58. The Morgan fingerprint density at radius 1 is 1.06 bits per heavy atom. The van der Waals surface area contributed by atoms with E-state index in [9.17, 15) is 24.3 Å². The van der Waals surface area contributed by atoms with Gasteiger partial charge >= 0.3 is 11.6 Å². The number of carbonyl (C=O) groups is 3. The second kappa shape index (κ2) is 8.54. The van der Waals surface area contributed by atoms with Crippen molar-refractivity contribution in [3.8, 4) is 5.75 Å². The lowest BCUT2D eigenvalue weighted by Crippen LogP contribution is -2.46. The molecule has 2 amide bonds. The summed E-state index contributed by atoms with van der Waals surface area (Å²) in [5, 5.41) is 10.4. The van der Waals surface area contributed by atoms with Crippen LogP contribution in [0.1, 0.15) is 52.1 Å². The fourth-order valence-corrected chi connectivity index (χ4v) is 4.02. The number of amides is 2. The van der Waals surface area contributed by atoms with Crippen LogP contribution in [0, 0.1) is 12.8 Å². The number of nitrogens with zero attached hydrogens (tertiary/aromatic N) is 1. The molecule has 1 N–H and O–H groups in total. The van der Waals surface area contributed by atoms with Crippen LogP contribution in [0.5, 0.6) is 5.75 Å². The molecule has 0 bridgehead atoms. The summed E-state index contributed by atoms with van der Waals surface area (Å²) in [6.07, 6.45) is 0.231. The van der Waals surface area contributed by atoms with Crippen LogP contribution < -0.4 is 5.63 Å². The quantitative estimate of drug-likeness (QED) is 0.348. The lowest BCUT2D eigenvalue weighted by Gasteiger charge is -2.26. The maximum absolute atomic E-state index is 13.1. The summed E-state index contributed by atoms with van der Waals surface area (Å²) in [6.45, 7) is 5.10. The summed E-state index contributed by atoms with van der Waals surface area (Å²) in [4.78, 5) is 51.9. The van der Waals surface area contributed by atoms with Gasteiger partial charge in [-0.15, -0.1) is 0 Å². The highest BCUT2D eigenvalue weighted by Crippen LogP contribution is 2.29. The summed E-state index contributed by atoms with van der Waals surface area (Å²) in [5.74, 6) is -1.83. The Balaban J connectivity index is 1.63. The Morgan fingerprint density at radius 3 is 2.30 bits per heavy atom. The standard InChI is InChI=1S/C25H23NO7/c1-13(2)10-19(26-23(29)17-6-4-5-7-18(17)24(26)30)25(31)32-12-15-11-21(28)33-22-14(3)20(27)9-8-16(15)22/h4-9,11,13,19,27H,10,12H2,1-3H3/t19-/m1/s1. The van der Waals surface area contributed by atoms with E-state index in [0.29, 0.717) is 16.5 Å². The van der Waals surface area contributed by atoms with Crippen molar-refractivity contribution >= 4 is 28.8 Å². The Bertz CT molecular complexity index is 1300. The Hall–Kier alpha value is -3.94. The topological polar surface area (TPSA) is 114 Å². The lowest BCUT2D eigenvalue weighted by molar-refractivity contribution is -0.150. The number of rotatable bonds is 6. The zero-order valence-electron chi connectivity index (χ0n) is 18.5. The van der Waals surface area contributed by atoms with Gasteiger partial charge in [0.05, 0.1) is 11.1 Å². The van der Waals surface area contributed by atoms with Crippen LogP contribution in [0.25, 0.3) is 11.0 Å². The van der Waals surface area contributed by atoms with Crippen molar-refractivity contribution in [2.24, 2.45) is 5.92 Å². The minimum atomic E-state index is -1.10. The maximum Gasteiger partial charge on any atom is 0.336 e. The van der Waals surface area contributed by atoms with Gasteiger partial charge < -0.3 is 14.3 Å². The molecule has 33 heavy (non-hydrogen) atoms. The molecule has 0 saturated carbocycles. The van der Waals surface area contributed by atoms with Crippen molar-refractivity contribution in [3.63, 3.8) is 0 Å². The summed E-state index contributed by atoms with van der Waals surface area (Å²) >= 11 is 0. The van der Waals surface area contributed by atoms with Crippen LogP contribution in [0.15, 0.2) is 51.7 Å². The molecule has 0 radical (unpaired) electrons. The molecule has 8 heteroatoms. The van der Waals surface area contributed by atoms with E-state index in [1.165, 1.54) is 12.1 Å². The number of fused-ring (bicyclic) bond motifs is 2. The number of benzene rings is 2. The normalized spacial score (nSPS) is 14.1. The first kappa shape index (κ1) is 22.3. The minimum Gasteiger partial charge on any atom is -0.508 e. The Morgan fingerprint density at radius 2 is 1.70 bits per heavy atom. The number of phenolic OH excluding ortho intramolecular Hbond substituents is 1. The first-order chi connectivity index (χ1) is 15.7. The number of carbonyl (C=O) groups excluding carboxylic acids is 3. The molecule has 0 spiro atoms. The van der Waals surface area contributed by atoms with Gasteiger partial charge in [-0.25, -0.2) is 9.59 Å². The molecular weight excluding hydrogens is 426 g/mol. The molecule has 1 aromatic heterocycles. The van der Waals surface area contributed by atoms with E-state index in [1.54, 1.807) is 37.3 Å². The summed E-state index contributed by atoms with van der Waals surface area (Å²) < 4.78 is 10.7. The zero-order valence-corrected chi connectivity index (χ0v) is 18.5. The molecule has 1 atom stereocenters. The first-order valence-corrected chi connectivity index (χ1v) is 10.6. The smallest absolute Gasteiger partial charge is 0.336 e. The highest BCUT2D eigenvalue weighted by atomic mass is 16.5. The molecule has 0 aliphatic carbocycles. The summed E-state index contributed by atoms with van der Waals surface area (Å²) in [5.41, 5.74) is 0.843. The van der Waals surface area contributed by atoms with Gasteiger partial charge in [0.2, 0.25) is 0 Å². The molecule has 0 fully saturated rings. The average molecular weight is 449 g/mol. The van der Waals surface area contributed by atoms with E-state index >= 15 is 0 Å². The Labute approximate surface area is 189 Å². The molecule has 4 rings (SSSR count). The van der Waals surface area contributed by atoms with Crippen molar-refractivity contribution in [1.82, 2.24) is 4.90 Å². The van der Waals surface area contributed by atoms with Crippen molar-refractivity contribution in [1.29, 1.82) is 0 Å². The molecule has 2 aromatic carbocycles. The third kappa shape index (κ3) is 4.00. The van der Waals surface area contributed by atoms with Gasteiger partial charge in [-0.1, -0.05) is 26.0 Å². The van der Waals surface area contributed by atoms with Gasteiger partial charge in [0, 0.05) is 22.6 Å². The van der Waals surface area contributed by atoms with E-state index in [0.717, 1.165) is 4.90 Å². The third-order valence-electron chi connectivity index (χ3n) is 5.69. The van der Waals surface area contributed by atoms with Gasteiger partial charge in [0.25, 0.3) is 11.8 Å². The maximum atomic E-state index is 13.1. The zero-order chi connectivity index (χ0) is 23.9. The predicted octanol–water partition coefficient (Wildman–Crippen LogP) is 3.56. The van der Waals surface area contributed by atoms with Gasteiger partial charge in [0.15, 0.2) is 0 Å². The number of aromatic hydroxyl groups is 1. The van der Waals surface area contributed by atoms with E-state index in [2.05, 4.69) is 0 Å². The van der Waals surface area contributed by atoms with E-state index in [-0.39, 0.29) is 41.4 Å². The number of hydrogen-bond acceptors (Lipinski definition) is 7. The SMILES string of the molecule is Cc1c(O)ccc2c(COC(=O)[C@@H](CC(C)C)N3C(=O)c4ccccc4C3=O)cc(=O)oc12. The van der Waals surface area contributed by atoms with Gasteiger partial charge in [-0.2, -0.15) is 0 Å². The monoisotopic (exact) mass is 449 g/mol. The number of esters is 1. The summed E-state index contributed by atoms with van der Waals surface area (Å²) in [7, 11) is 0. The second-order valence-corrected chi connectivity index (χ2v) is 8.46. The van der Waals surface area contributed by atoms with Crippen LogP contribution >= 0.6 is 0 Å². The third-order valence-corrected chi connectivity index (χ3v) is 5.69. The highest BCUT2D eigenvalue weighted by Gasteiger charge is 2.43. The second-order valence-electron chi connectivity index (χ2n) is 8.46. The van der Waals surface area contributed by atoms with Crippen molar-refractivity contribution in [2.75, 3.05) is 0 Å². The predicted molar refractivity (Wildman–Crippen MR) is 119 cm³/mol. The van der Waals surface area contributed by atoms with Gasteiger partial charge in [0.1, 0.15) is 24.0 Å². The largest absolute Gasteiger partial charge is 0.508 e. The first-order valence-electron chi connectivity index (χ1n) is 10.6. The average Bonchev–Trinajstić information content (AvgIpc) is 3.03. The van der Waals surface area contributed by atoms with Gasteiger partial charge in [-0.05, 0) is 43.5 Å². The van der Waals surface area contributed by atoms with E-state index < -0.39 is 29.5 Å². The van der Waals surface area contributed by atoms with Crippen molar-refractivity contribution in [3.05, 3.63) is 75.1 Å². The molecular formula is C25H23NO7. The molecule has 0 saturated heterocycles. The molecule has 2 heterocycles. The van der Waals surface area contributed by atoms with E-state index in [4.69, 9.17) is 9.15 Å². The number of imide groups is 1. The van der Waals surface area contributed by atoms with Crippen LogP contribution in [0.4, 0.5) is 0 Å². The minimum absolute atomic E-state index is 0.00193. The van der Waals surface area contributed by atoms with Crippen LogP contribution in [-0.4, -0.2) is 33.8 Å². The molecule has 170 valence electrons. The number of hydrogen-bond donors (Lipinski definition) is 1. The fraction of sp³-hybridized carbons (Fsp3) is 0.280. The number of aryl methyl sites for hydroxylation is 1. The van der Waals surface area contributed by atoms with Crippen molar-refractivity contribution < 1.29 is 28.6 Å². The molecule has 1 aliphatic rings. The molecule has 3 aromatic rings. The van der Waals surface area contributed by atoms with E-state index in [1.807, 2.05) is 13.8 Å². The van der Waals surface area contributed by atoms with Gasteiger partial charge in [-0.3, -0.25) is 14.5 Å². The number of phenols is 1. The van der Waals surface area contributed by atoms with Crippen LogP contribution in [0.3, 0.4) is 0 Å². The molecule has 8 nitrogen and oxygen atoms in total. The van der Waals surface area contributed by atoms with Crippen LogP contribution in [0.2, 0.25) is 0 Å². The van der Waals surface area contributed by atoms with Crippen LogP contribution in [-0.2, 0) is 16.1 Å².